The lowest BCUT2D eigenvalue weighted by Crippen LogP contribution is -2.31. The maximum Gasteiger partial charge on any atom is 0.127 e. The Labute approximate surface area is 121 Å². The molecule has 6 nitrogen and oxygen atoms in total. The second kappa shape index (κ2) is 4.98. The summed E-state index contributed by atoms with van der Waals surface area (Å²) < 4.78 is 2.10. The largest absolute Gasteiger partial charge is 0.395 e. The van der Waals surface area contributed by atoms with Gasteiger partial charge in [0.2, 0.25) is 0 Å². The Kier molecular flexibility index (Phi) is 2.98. The van der Waals surface area contributed by atoms with Crippen LogP contribution in [0.15, 0.2) is 30.6 Å². The highest BCUT2D eigenvalue weighted by Crippen LogP contribution is 2.26. The fraction of sp³-hybridized carbons (Fsp3) is 0.333. The van der Waals surface area contributed by atoms with Crippen molar-refractivity contribution in [2.24, 2.45) is 0 Å². The molecule has 0 spiro atoms. The third-order valence-electron chi connectivity index (χ3n) is 4.05. The Hall–Kier alpha value is -2.18. The molecule has 0 aliphatic carbocycles. The molecule has 3 heterocycles. The third-order valence-corrected chi connectivity index (χ3v) is 4.05. The van der Waals surface area contributed by atoms with Crippen LogP contribution in [0.5, 0.6) is 0 Å². The van der Waals surface area contributed by atoms with Gasteiger partial charge in [-0.25, -0.2) is 9.97 Å². The highest BCUT2D eigenvalue weighted by molar-refractivity contribution is 5.76. The van der Waals surface area contributed by atoms with Gasteiger partial charge in [-0.15, -0.1) is 0 Å². The van der Waals surface area contributed by atoms with Gasteiger partial charge in [0.15, 0.2) is 0 Å². The van der Waals surface area contributed by atoms with Gasteiger partial charge in [0.05, 0.1) is 41.4 Å². The zero-order valence-electron chi connectivity index (χ0n) is 11.6. The van der Waals surface area contributed by atoms with Crippen molar-refractivity contribution in [3.63, 3.8) is 0 Å². The number of hydrogen-bond donors (Lipinski definition) is 3. The highest BCUT2D eigenvalue weighted by Gasteiger charge is 2.25. The third kappa shape index (κ3) is 2.03. The Morgan fingerprint density at radius 2 is 2.24 bits per heavy atom. The summed E-state index contributed by atoms with van der Waals surface area (Å²) in [5, 5.41) is 12.9. The SMILES string of the molecule is OCCn1c(C2Cc3nc[nH]c3CN2)nc2ccccc21. The van der Waals surface area contributed by atoms with E-state index in [9.17, 15) is 5.11 Å². The van der Waals surface area contributed by atoms with Crippen LogP contribution in [0.1, 0.15) is 23.3 Å². The number of aromatic amines is 1. The molecule has 1 aliphatic rings. The summed E-state index contributed by atoms with van der Waals surface area (Å²) in [6, 6.07) is 8.17. The van der Waals surface area contributed by atoms with Crippen LogP contribution in [0.2, 0.25) is 0 Å². The Balaban J connectivity index is 1.78. The highest BCUT2D eigenvalue weighted by atomic mass is 16.3. The van der Waals surface area contributed by atoms with Crippen LogP contribution >= 0.6 is 0 Å². The van der Waals surface area contributed by atoms with Crippen molar-refractivity contribution in [2.45, 2.75) is 25.6 Å². The van der Waals surface area contributed by atoms with Gasteiger partial charge in [-0.1, -0.05) is 12.1 Å². The molecular weight excluding hydrogens is 266 g/mol. The molecule has 0 fully saturated rings. The first-order valence-corrected chi connectivity index (χ1v) is 7.17. The van der Waals surface area contributed by atoms with Crippen molar-refractivity contribution in [3.05, 3.63) is 47.8 Å². The number of nitrogens with zero attached hydrogens (tertiary/aromatic N) is 3. The molecule has 21 heavy (non-hydrogen) atoms. The lowest BCUT2D eigenvalue weighted by atomic mass is 10.0. The van der Waals surface area contributed by atoms with E-state index in [0.717, 1.165) is 41.2 Å². The maximum absolute atomic E-state index is 9.36. The Morgan fingerprint density at radius 1 is 1.33 bits per heavy atom. The number of aliphatic hydroxyl groups excluding tert-OH is 1. The first-order valence-electron chi connectivity index (χ1n) is 7.17. The minimum Gasteiger partial charge on any atom is -0.395 e. The average molecular weight is 283 g/mol. The minimum atomic E-state index is 0.105. The molecule has 0 radical (unpaired) electrons. The van der Waals surface area contributed by atoms with E-state index < -0.39 is 0 Å². The van der Waals surface area contributed by atoms with Gasteiger partial charge in [0.25, 0.3) is 0 Å². The summed E-state index contributed by atoms with van der Waals surface area (Å²) in [4.78, 5) is 12.3. The fourth-order valence-corrected chi connectivity index (χ4v) is 3.05. The Morgan fingerprint density at radius 3 is 3.14 bits per heavy atom. The van der Waals surface area contributed by atoms with Crippen LogP contribution in [-0.2, 0) is 19.5 Å². The van der Waals surface area contributed by atoms with Gasteiger partial charge >= 0.3 is 0 Å². The van der Waals surface area contributed by atoms with E-state index in [2.05, 4.69) is 19.9 Å². The molecule has 6 heteroatoms. The molecule has 108 valence electrons. The molecule has 3 aromatic rings. The molecule has 1 aliphatic heterocycles. The first kappa shape index (κ1) is 12.6. The number of fused-ring (bicyclic) bond motifs is 2. The van der Waals surface area contributed by atoms with E-state index in [1.54, 1.807) is 6.33 Å². The first-order chi connectivity index (χ1) is 10.4. The van der Waals surface area contributed by atoms with Crippen molar-refractivity contribution in [3.8, 4) is 0 Å². The normalized spacial score (nSPS) is 18.0. The standard InChI is InChI=1S/C15H17N5O/c21-6-5-20-14-4-2-1-3-10(14)19-15(20)12-7-11-13(8-16-12)18-9-17-11/h1-4,9,12,16,21H,5-8H2,(H,17,18). The van der Waals surface area contributed by atoms with Crippen LogP contribution in [0.25, 0.3) is 11.0 Å². The summed E-state index contributed by atoms with van der Waals surface area (Å²) >= 11 is 0. The zero-order chi connectivity index (χ0) is 14.2. The number of aromatic nitrogens is 4. The van der Waals surface area contributed by atoms with Crippen molar-refractivity contribution in [2.75, 3.05) is 6.61 Å². The predicted molar refractivity (Wildman–Crippen MR) is 78.7 cm³/mol. The van der Waals surface area contributed by atoms with Gasteiger partial charge in [-0.3, -0.25) is 0 Å². The number of para-hydroxylation sites is 2. The van der Waals surface area contributed by atoms with Crippen LogP contribution < -0.4 is 5.32 Å². The monoisotopic (exact) mass is 283 g/mol. The maximum atomic E-state index is 9.36. The van der Waals surface area contributed by atoms with E-state index in [-0.39, 0.29) is 12.6 Å². The van der Waals surface area contributed by atoms with Crippen LogP contribution in [0.4, 0.5) is 0 Å². The lowest BCUT2D eigenvalue weighted by Gasteiger charge is -2.23. The number of H-pyrrole nitrogens is 1. The van der Waals surface area contributed by atoms with Gasteiger partial charge in [-0.2, -0.15) is 0 Å². The summed E-state index contributed by atoms with van der Waals surface area (Å²) in [6.45, 7) is 1.43. The van der Waals surface area contributed by atoms with E-state index >= 15 is 0 Å². The number of imidazole rings is 2. The van der Waals surface area contributed by atoms with E-state index in [1.165, 1.54) is 0 Å². The fourth-order valence-electron chi connectivity index (χ4n) is 3.05. The molecule has 0 bridgehead atoms. The van der Waals surface area contributed by atoms with Gasteiger partial charge in [0.1, 0.15) is 5.82 Å². The summed E-state index contributed by atoms with van der Waals surface area (Å²) in [7, 11) is 0. The van der Waals surface area contributed by atoms with Crippen molar-refractivity contribution in [1.29, 1.82) is 0 Å². The van der Waals surface area contributed by atoms with Crippen molar-refractivity contribution in [1.82, 2.24) is 24.8 Å². The molecule has 1 aromatic carbocycles. The molecule has 1 atom stereocenters. The molecule has 3 N–H and O–H groups in total. The average Bonchev–Trinajstić information content (AvgIpc) is 3.11. The van der Waals surface area contributed by atoms with Gasteiger partial charge < -0.3 is 20.0 Å². The van der Waals surface area contributed by atoms with Gasteiger partial charge in [-0.05, 0) is 12.1 Å². The Bertz CT molecular complexity index is 775. The van der Waals surface area contributed by atoms with Crippen molar-refractivity contribution >= 4 is 11.0 Å². The molecule has 0 saturated heterocycles. The topological polar surface area (TPSA) is 78.8 Å². The molecule has 0 amide bonds. The number of nitrogens with one attached hydrogen (secondary N) is 2. The lowest BCUT2D eigenvalue weighted by molar-refractivity contribution is 0.273. The number of benzene rings is 1. The summed E-state index contributed by atoms with van der Waals surface area (Å²) in [5.74, 6) is 0.971. The smallest absolute Gasteiger partial charge is 0.127 e. The van der Waals surface area contributed by atoms with E-state index in [0.29, 0.717) is 6.54 Å². The summed E-state index contributed by atoms with van der Waals surface area (Å²) in [5.41, 5.74) is 4.28. The van der Waals surface area contributed by atoms with Crippen LogP contribution in [0, 0.1) is 0 Å². The minimum absolute atomic E-state index is 0.105. The van der Waals surface area contributed by atoms with Crippen LogP contribution in [0.3, 0.4) is 0 Å². The predicted octanol–water partition coefficient (Wildman–Crippen LogP) is 1.14. The summed E-state index contributed by atoms with van der Waals surface area (Å²) in [6.07, 6.45) is 2.55. The van der Waals surface area contributed by atoms with Crippen LogP contribution in [-0.4, -0.2) is 31.2 Å². The number of rotatable bonds is 3. The second-order valence-electron chi connectivity index (χ2n) is 5.30. The van der Waals surface area contributed by atoms with E-state index in [4.69, 9.17) is 4.98 Å². The van der Waals surface area contributed by atoms with Crippen molar-refractivity contribution < 1.29 is 5.11 Å². The quantitative estimate of drug-likeness (QED) is 0.673. The second-order valence-corrected chi connectivity index (χ2v) is 5.30. The molecule has 0 saturated carbocycles. The molecular formula is C15H17N5O. The van der Waals surface area contributed by atoms with E-state index in [1.807, 2.05) is 24.3 Å². The number of aliphatic hydroxyl groups is 1. The number of hydrogen-bond acceptors (Lipinski definition) is 4. The molecule has 4 rings (SSSR count). The molecule has 2 aromatic heterocycles. The van der Waals surface area contributed by atoms with Gasteiger partial charge in [0, 0.05) is 19.5 Å². The zero-order valence-corrected chi connectivity index (χ0v) is 11.6. The molecule has 1 unspecified atom stereocenters.